The molecule has 0 saturated heterocycles. The van der Waals surface area contributed by atoms with Crippen LogP contribution in [-0.2, 0) is 9.59 Å². The zero-order valence-electron chi connectivity index (χ0n) is 12.8. The second-order valence-corrected chi connectivity index (χ2v) is 6.75. The summed E-state index contributed by atoms with van der Waals surface area (Å²) in [6.45, 7) is 10.0. The van der Waals surface area contributed by atoms with E-state index in [1.807, 2.05) is 20.8 Å². The molecule has 0 spiro atoms. The molecule has 5 nitrogen and oxygen atoms in total. The SMILES string of the molecule is CC(C)(CCN)CCC(=O)N(CC(=O)O)C(C)(C)C. The van der Waals surface area contributed by atoms with E-state index in [1.165, 1.54) is 4.90 Å². The highest BCUT2D eigenvalue weighted by Gasteiger charge is 2.29. The van der Waals surface area contributed by atoms with Crippen molar-refractivity contribution in [3.8, 4) is 0 Å². The lowest BCUT2D eigenvalue weighted by Crippen LogP contribution is -2.48. The maximum atomic E-state index is 12.2. The Balaban J connectivity index is 4.62. The first-order chi connectivity index (χ1) is 8.49. The zero-order chi connectivity index (χ0) is 15.3. The first-order valence-corrected chi connectivity index (χ1v) is 6.72. The highest BCUT2D eigenvalue weighted by molar-refractivity contribution is 5.82. The molecule has 112 valence electrons. The number of hydrogen-bond donors (Lipinski definition) is 2. The second-order valence-electron chi connectivity index (χ2n) is 6.75. The fourth-order valence-electron chi connectivity index (χ4n) is 1.93. The Hall–Kier alpha value is -1.10. The number of hydrogen-bond acceptors (Lipinski definition) is 3. The van der Waals surface area contributed by atoms with Crippen LogP contribution in [0, 0.1) is 5.41 Å². The topological polar surface area (TPSA) is 83.6 Å². The second kappa shape index (κ2) is 6.89. The minimum atomic E-state index is -0.982. The van der Waals surface area contributed by atoms with Gasteiger partial charge in [-0.15, -0.1) is 0 Å². The van der Waals surface area contributed by atoms with Crippen LogP contribution in [0.2, 0.25) is 0 Å². The summed E-state index contributed by atoms with van der Waals surface area (Å²) in [5.74, 6) is -1.09. The van der Waals surface area contributed by atoms with Crippen molar-refractivity contribution in [2.75, 3.05) is 13.1 Å². The number of carbonyl (C=O) groups excluding carboxylic acids is 1. The van der Waals surface area contributed by atoms with Crippen molar-refractivity contribution in [2.24, 2.45) is 11.1 Å². The normalized spacial score (nSPS) is 12.3. The molecular formula is C14H28N2O3. The van der Waals surface area contributed by atoms with Gasteiger partial charge in [-0.2, -0.15) is 0 Å². The molecule has 0 aliphatic rings. The summed E-state index contributed by atoms with van der Waals surface area (Å²) < 4.78 is 0. The predicted octanol–water partition coefficient (Wildman–Crippen LogP) is 1.85. The molecule has 0 aliphatic heterocycles. The van der Waals surface area contributed by atoms with Crippen molar-refractivity contribution in [1.29, 1.82) is 0 Å². The predicted molar refractivity (Wildman–Crippen MR) is 75.8 cm³/mol. The van der Waals surface area contributed by atoms with Gasteiger partial charge in [-0.05, 0) is 45.6 Å². The van der Waals surface area contributed by atoms with E-state index in [9.17, 15) is 9.59 Å². The molecule has 5 heteroatoms. The average molecular weight is 272 g/mol. The van der Waals surface area contributed by atoms with Gasteiger partial charge in [0.15, 0.2) is 0 Å². The minimum Gasteiger partial charge on any atom is -0.480 e. The molecule has 0 saturated carbocycles. The van der Waals surface area contributed by atoms with Crippen molar-refractivity contribution in [1.82, 2.24) is 4.90 Å². The molecule has 0 bridgehead atoms. The smallest absolute Gasteiger partial charge is 0.323 e. The fourth-order valence-corrected chi connectivity index (χ4v) is 1.93. The monoisotopic (exact) mass is 272 g/mol. The molecule has 0 aliphatic carbocycles. The van der Waals surface area contributed by atoms with E-state index in [2.05, 4.69) is 13.8 Å². The summed E-state index contributed by atoms with van der Waals surface area (Å²) in [4.78, 5) is 24.5. The average Bonchev–Trinajstić information content (AvgIpc) is 2.21. The third-order valence-corrected chi connectivity index (χ3v) is 3.24. The standard InChI is InChI=1S/C14H28N2O3/c1-13(2,3)16(10-12(18)19)11(17)6-7-14(4,5)8-9-15/h6-10,15H2,1-5H3,(H,18,19). The molecule has 0 unspecified atom stereocenters. The molecule has 3 N–H and O–H groups in total. The number of rotatable bonds is 7. The van der Waals surface area contributed by atoms with Crippen molar-refractivity contribution in [3.63, 3.8) is 0 Å². The number of aliphatic carboxylic acids is 1. The molecule has 0 aromatic rings. The van der Waals surface area contributed by atoms with Crippen LogP contribution >= 0.6 is 0 Å². The molecule has 0 aromatic heterocycles. The van der Waals surface area contributed by atoms with E-state index < -0.39 is 11.5 Å². The van der Waals surface area contributed by atoms with E-state index >= 15 is 0 Å². The summed E-state index contributed by atoms with van der Waals surface area (Å²) >= 11 is 0. The molecule has 0 rings (SSSR count). The first-order valence-electron chi connectivity index (χ1n) is 6.72. The van der Waals surface area contributed by atoms with Crippen molar-refractivity contribution in [2.45, 2.75) is 59.4 Å². The van der Waals surface area contributed by atoms with Crippen LogP contribution in [0.25, 0.3) is 0 Å². The van der Waals surface area contributed by atoms with Crippen molar-refractivity contribution < 1.29 is 14.7 Å². The third-order valence-electron chi connectivity index (χ3n) is 3.24. The largest absolute Gasteiger partial charge is 0.480 e. The number of nitrogens with zero attached hydrogens (tertiary/aromatic N) is 1. The molecular weight excluding hydrogens is 244 g/mol. The molecule has 0 aromatic carbocycles. The van der Waals surface area contributed by atoms with E-state index in [0.717, 1.165) is 12.8 Å². The van der Waals surface area contributed by atoms with Crippen LogP contribution in [0.5, 0.6) is 0 Å². The molecule has 0 radical (unpaired) electrons. The van der Waals surface area contributed by atoms with Gasteiger partial charge in [0, 0.05) is 12.0 Å². The van der Waals surface area contributed by atoms with Crippen LogP contribution in [-0.4, -0.2) is 40.5 Å². The lowest BCUT2D eigenvalue weighted by Gasteiger charge is -2.35. The number of carbonyl (C=O) groups is 2. The van der Waals surface area contributed by atoms with E-state index in [-0.39, 0.29) is 17.9 Å². The molecule has 0 heterocycles. The number of carboxylic acids is 1. The lowest BCUT2D eigenvalue weighted by molar-refractivity contribution is -0.148. The summed E-state index contributed by atoms with van der Waals surface area (Å²) in [5, 5.41) is 8.90. The van der Waals surface area contributed by atoms with E-state index in [4.69, 9.17) is 10.8 Å². The summed E-state index contributed by atoms with van der Waals surface area (Å²) in [7, 11) is 0. The maximum Gasteiger partial charge on any atom is 0.323 e. The van der Waals surface area contributed by atoms with E-state index in [0.29, 0.717) is 13.0 Å². The van der Waals surface area contributed by atoms with Crippen molar-refractivity contribution >= 4 is 11.9 Å². The van der Waals surface area contributed by atoms with Gasteiger partial charge in [-0.1, -0.05) is 13.8 Å². The van der Waals surface area contributed by atoms with Crippen LogP contribution in [0.4, 0.5) is 0 Å². The van der Waals surface area contributed by atoms with Gasteiger partial charge in [-0.3, -0.25) is 9.59 Å². The summed E-state index contributed by atoms with van der Waals surface area (Å²) in [5.41, 5.74) is 5.08. The molecule has 1 amide bonds. The van der Waals surface area contributed by atoms with Gasteiger partial charge < -0.3 is 15.7 Å². The zero-order valence-corrected chi connectivity index (χ0v) is 12.8. The maximum absolute atomic E-state index is 12.2. The molecule has 0 fully saturated rings. The summed E-state index contributed by atoms with van der Waals surface area (Å²) in [6, 6.07) is 0. The van der Waals surface area contributed by atoms with Gasteiger partial charge in [-0.25, -0.2) is 0 Å². The van der Waals surface area contributed by atoms with Gasteiger partial charge in [0.1, 0.15) is 6.54 Å². The van der Waals surface area contributed by atoms with Crippen LogP contribution in [0.1, 0.15) is 53.9 Å². The Labute approximate surface area is 116 Å². The Morgan fingerprint density at radius 2 is 1.63 bits per heavy atom. The Kier molecular flexibility index (Phi) is 6.49. The molecule has 0 atom stereocenters. The Morgan fingerprint density at radius 1 is 1.11 bits per heavy atom. The quantitative estimate of drug-likeness (QED) is 0.741. The Morgan fingerprint density at radius 3 is 2.00 bits per heavy atom. The lowest BCUT2D eigenvalue weighted by atomic mass is 9.84. The minimum absolute atomic E-state index is 0.0111. The number of amides is 1. The molecule has 19 heavy (non-hydrogen) atoms. The fraction of sp³-hybridized carbons (Fsp3) is 0.857. The Bertz CT molecular complexity index is 319. The van der Waals surface area contributed by atoms with Crippen LogP contribution in [0.3, 0.4) is 0 Å². The summed E-state index contributed by atoms with van der Waals surface area (Å²) in [6.07, 6.45) is 1.93. The van der Waals surface area contributed by atoms with Gasteiger partial charge in [0.05, 0.1) is 0 Å². The third kappa shape index (κ3) is 7.15. The number of carboxylic acid groups (broad SMARTS) is 1. The van der Waals surface area contributed by atoms with Gasteiger partial charge >= 0.3 is 5.97 Å². The highest BCUT2D eigenvalue weighted by Crippen LogP contribution is 2.27. The van der Waals surface area contributed by atoms with Crippen LogP contribution in [0.15, 0.2) is 0 Å². The highest BCUT2D eigenvalue weighted by atomic mass is 16.4. The van der Waals surface area contributed by atoms with Crippen molar-refractivity contribution in [3.05, 3.63) is 0 Å². The van der Waals surface area contributed by atoms with Gasteiger partial charge in [0.2, 0.25) is 5.91 Å². The first kappa shape index (κ1) is 17.9. The van der Waals surface area contributed by atoms with Gasteiger partial charge in [0.25, 0.3) is 0 Å². The van der Waals surface area contributed by atoms with Crippen LogP contribution < -0.4 is 5.73 Å². The number of nitrogens with two attached hydrogens (primary N) is 1. The van der Waals surface area contributed by atoms with E-state index in [1.54, 1.807) is 0 Å².